The number of carbonyl (C=O) groups excluding carboxylic acids is 2. The van der Waals surface area contributed by atoms with E-state index in [2.05, 4.69) is 9.88 Å². The van der Waals surface area contributed by atoms with Crippen LogP contribution in [0.15, 0.2) is 36.5 Å². The fourth-order valence-electron chi connectivity index (χ4n) is 3.69. The summed E-state index contributed by atoms with van der Waals surface area (Å²) in [4.78, 5) is 33.9. The number of hydrogen-bond donors (Lipinski definition) is 0. The fourth-order valence-corrected chi connectivity index (χ4v) is 3.97. The third-order valence-corrected chi connectivity index (χ3v) is 5.62. The van der Waals surface area contributed by atoms with Gasteiger partial charge in [0.1, 0.15) is 5.82 Å². The second-order valence-electron chi connectivity index (χ2n) is 7.16. The lowest BCUT2D eigenvalue weighted by molar-refractivity contribution is -0.137. The molecule has 3 heterocycles. The standard InChI is InChI=1S/C20H18ClF3N4O2/c21-16-11-13(20(22,23)24)12-25-17(16)27-8-5-26(6-9-27)7-10-28-18(29)14-3-1-2-4-15(14)19(28)30/h1-4,11-12H,5-10H2. The average molecular weight is 439 g/mol. The van der Waals surface area contributed by atoms with Crippen molar-refractivity contribution >= 4 is 29.2 Å². The number of amides is 2. The molecule has 1 saturated heterocycles. The van der Waals surface area contributed by atoms with Crippen molar-refractivity contribution < 1.29 is 22.8 Å². The maximum atomic E-state index is 12.8. The predicted octanol–water partition coefficient (Wildman–Crippen LogP) is 3.17. The largest absolute Gasteiger partial charge is 0.417 e. The Balaban J connectivity index is 1.33. The van der Waals surface area contributed by atoms with E-state index in [9.17, 15) is 22.8 Å². The molecule has 30 heavy (non-hydrogen) atoms. The van der Waals surface area contributed by atoms with Crippen molar-refractivity contribution in [1.82, 2.24) is 14.8 Å². The van der Waals surface area contributed by atoms with Gasteiger partial charge >= 0.3 is 6.18 Å². The van der Waals surface area contributed by atoms with Gasteiger partial charge in [0.15, 0.2) is 0 Å². The van der Waals surface area contributed by atoms with Crippen LogP contribution < -0.4 is 4.90 Å². The highest BCUT2D eigenvalue weighted by molar-refractivity contribution is 6.33. The Morgan fingerprint density at radius 3 is 2.10 bits per heavy atom. The van der Waals surface area contributed by atoms with Crippen molar-refractivity contribution in [2.24, 2.45) is 0 Å². The highest BCUT2D eigenvalue weighted by Gasteiger charge is 2.35. The number of imide groups is 1. The van der Waals surface area contributed by atoms with Crippen molar-refractivity contribution in [3.8, 4) is 0 Å². The summed E-state index contributed by atoms with van der Waals surface area (Å²) in [6.07, 6.45) is -3.70. The molecule has 0 N–H and O–H groups in total. The number of aromatic nitrogens is 1. The van der Waals surface area contributed by atoms with E-state index in [1.54, 1.807) is 24.3 Å². The molecule has 6 nitrogen and oxygen atoms in total. The van der Waals surface area contributed by atoms with E-state index in [1.165, 1.54) is 4.90 Å². The van der Waals surface area contributed by atoms with E-state index in [0.717, 1.165) is 12.3 Å². The number of fused-ring (bicyclic) bond motifs is 1. The zero-order chi connectivity index (χ0) is 21.5. The number of nitrogens with zero attached hydrogens (tertiary/aromatic N) is 4. The van der Waals surface area contributed by atoms with Crippen LogP contribution in [-0.2, 0) is 6.18 Å². The summed E-state index contributed by atoms with van der Waals surface area (Å²) in [5.41, 5.74) is -0.0264. The lowest BCUT2D eigenvalue weighted by Gasteiger charge is -2.36. The van der Waals surface area contributed by atoms with Crippen LogP contribution in [0, 0.1) is 0 Å². The van der Waals surface area contributed by atoms with Crippen LogP contribution in [0.25, 0.3) is 0 Å². The molecule has 0 bridgehead atoms. The van der Waals surface area contributed by atoms with Gasteiger partial charge in [0.25, 0.3) is 11.8 Å². The smallest absolute Gasteiger partial charge is 0.353 e. The molecule has 1 fully saturated rings. The van der Waals surface area contributed by atoms with E-state index in [-0.39, 0.29) is 23.4 Å². The summed E-state index contributed by atoms with van der Waals surface area (Å²) in [5.74, 6) is -0.241. The number of anilines is 1. The molecule has 1 aromatic heterocycles. The molecule has 2 aliphatic heterocycles. The molecule has 0 saturated carbocycles. The number of alkyl halides is 3. The van der Waals surface area contributed by atoms with Gasteiger partial charge in [-0.3, -0.25) is 19.4 Å². The van der Waals surface area contributed by atoms with Crippen LogP contribution in [0.2, 0.25) is 5.02 Å². The molecule has 1 aromatic carbocycles. The first-order valence-corrected chi connectivity index (χ1v) is 9.79. The van der Waals surface area contributed by atoms with Gasteiger partial charge < -0.3 is 4.90 Å². The molecule has 2 aliphatic rings. The third-order valence-electron chi connectivity index (χ3n) is 5.34. The van der Waals surface area contributed by atoms with Crippen molar-refractivity contribution in [3.63, 3.8) is 0 Å². The normalized spacial score (nSPS) is 17.6. The Hall–Kier alpha value is -2.65. The molecule has 0 atom stereocenters. The van der Waals surface area contributed by atoms with Crippen LogP contribution in [0.1, 0.15) is 26.3 Å². The Bertz CT molecular complexity index is 955. The Morgan fingerprint density at radius 2 is 1.57 bits per heavy atom. The summed E-state index contributed by atoms with van der Waals surface area (Å²) in [6.45, 7) is 3.09. The van der Waals surface area contributed by atoms with Crippen LogP contribution in [0.3, 0.4) is 0 Å². The summed E-state index contributed by atoms with van der Waals surface area (Å²) >= 11 is 6.03. The molecular weight excluding hydrogens is 421 g/mol. The minimum Gasteiger partial charge on any atom is -0.353 e. The first kappa shape index (κ1) is 20.6. The van der Waals surface area contributed by atoms with E-state index in [1.807, 2.05) is 4.90 Å². The number of piperazine rings is 1. The monoisotopic (exact) mass is 438 g/mol. The third kappa shape index (κ3) is 3.87. The number of hydrogen-bond acceptors (Lipinski definition) is 5. The van der Waals surface area contributed by atoms with Crippen molar-refractivity contribution in [2.45, 2.75) is 6.18 Å². The summed E-state index contributed by atoms with van der Waals surface area (Å²) in [7, 11) is 0. The van der Waals surface area contributed by atoms with Gasteiger partial charge in [-0.15, -0.1) is 0 Å². The lowest BCUT2D eigenvalue weighted by atomic mass is 10.1. The number of benzene rings is 1. The maximum absolute atomic E-state index is 12.8. The van der Waals surface area contributed by atoms with Gasteiger partial charge in [-0.1, -0.05) is 23.7 Å². The maximum Gasteiger partial charge on any atom is 0.417 e. The van der Waals surface area contributed by atoms with E-state index in [0.29, 0.717) is 49.7 Å². The second-order valence-corrected chi connectivity index (χ2v) is 7.57. The Kier molecular flexibility index (Phi) is 5.42. The van der Waals surface area contributed by atoms with Gasteiger partial charge in [0.05, 0.1) is 21.7 Å². The number of halogens is 4. The molecule has 10 heteroatoms. The van der Waals surface area contributed by atoms with E-state index >= 15 is 0 Å². The van der Waals surface area contributed by atoms with E-state index in [4.69, 9.17) is 11.6 Å². The van der Waals surface area contributed by atoms with Crippen molar-refractivity contribution in [3.05, 3.63) is 58.2 Å². The first-order valence-electron chi connectivity index (χ1n) is 9.41. The van der Waals surface area contributed by atoms with Gasteiger partial charge in [-0.2, -0.15) is 13.2 Å². The van der Waals surface area contributed by atoms with Crippen molar-refractivity contribution in [1.29, 1.82) is 0 Å². The van der Waals surface area contributed by atoms with E-state index < -0.39 is 11.7 Å². The lowest BCUT2D eigenvalue weighted by Crippen LogP contribution is -2.49. The SMILES string of the molecule is O=C1c2ccccc2C(=O)N1CCN1CCN(c2ncc(C(F)(F)F)cc2Cl)CC1. The molecule has 0 radical (unpaired) electrons. The van der Waals surface area contributed by atoms with Crippen LogP contribution in [-0.4, -0.2) is 65.9 Å². The fraction of sp³-hybridized carbons (Fsp3) is 0.350. The molecule has 0 unspecified atom stereocenters. The number of carbonyl (C=O) groups is 2. The van der Waals surface area contributed by atoms with Crippen LogP contribution in [0.5, 0.6) is 0 Å². The zero-order valence-corrected chi connectivity index (χ0v) is 16.6. The summed E-state index contributed by atoms with van der Waals surface area (Å²) in [6, 6.07) is 7.64. The Morgan fingerprint density at radius 1 is 0.967 bits per heavy atom. The highest BCUT2D eigenvalue weighted by atomic mass is 35.5. The zero-order valence-electron chi connectivity index (χ0n) is 15.8. The minimum absolute atomic E-state index is 0.0377. The molecular formula is C20H18ClF3N4O2. The molecule has 158 valence electrons. The topological polar surface area (TPSA) is 56.8 Å². The van der Waals surface area contributed by atoms with Crippen molar-refractivity contribution in [2.75, 3.05) is 44.2 Å². The second kappa shape index (κ2) is 7.88. The number of pyridine rings is 1. The highest BCUT2D eigenvalue weighted by Crippen LogP contribution is 2.33. The quantitative estimate of drug-likeness (QED) is 0.686. The van der Waals surface area contributed by atoms with Gasteiger partial charge in [0.2, 0.25) is 0 Å². The minimum atomic E-state index is -4.49. The molecule has 2 aromatic rings. The van der Waals surface area contributed by atoms with Crippen LogP contribution >= 0.6 is 11.6 Å². The molecule has 0 spiro atoms. The summed E-state index contributed by atoms with van der Waals surface area (Å²) < 4.78 is 38.3. The summed E-state index contributed by atoms with van der Waals surface area (Å²) in [5, 5.41) is -0.0377. The van der Waals surface area contributed by atoms with Gasteiger partial charge in [-0.25, -0.2) is 4.98 Å². The Labute approximate surface area is 175 Å². The number of rotatable bonds is 4. The predicted molar refractivity (Wildman–Crippen MR) is 105 cm³/mol. The average Bonchev–Trinajstić information content (AvgIpc) is 2.97. The van der Waals surface area contributed by atoms with Crippen LogP contribution in [0.4, 0.5) is 19.0 Å². The van der Waals surface area contributed by atoms with Gasteiger partial charge in [0, 0.05) is 45.5 Å². The molecule has 0 aliphatic carbocycles. The molecule has 2 amide bonds. The van der Waals surface area contributed by atoms with Gasteiger partial charge in [-0.05, 0) is 18.2 Å². The molecule has 4 rings (SSSR count). The first-order chi connectivity index (χ1) is 14.3.